The Labute approximate surface area is 93.8 Å². The number of benzene rings is 4. The van der Waals surface area contributed by atoms with Crippen LogP contribution in [0.1, 0.15) is 5.56 Å². The van der Waals surface area contributed by atoms with Gasteiger partial charge in [-0.2, -0.15) is 13.2 Å². The maximum atomic E-state index is 13.5. The van der Waals surface area contributed by atoms with Crippen LogP contribution in [0, 0.1) is 11.9 Å². The predicted octanol–water partition coefficient (Wildman–Crippen LogP) is 4.39. The van der Waals surface area contributed by atoms with Crippen LogP contribution < -0.4 is 0 Å². The van der Waals surface area contributed by atoms with E-state index in [-0.39, 0.29) is 10.8 Å². The van der Waals surface area contributed by atoms with Crippen molar-refractivity contribution in [3.63, 3.8) is 0 Å². The molecule has 2 bridgehead atoms. The molecule has 0 saturated carbocycles. The molecule has 4 aromatic rings. The molecule has 0 aliphatic carbocycles. The third-order valence-corrected chi connectivity index (χ3v) is 2.83. The minimum Gasteiger partial charge on any atom is -0.206 e. The SMILES string of the molecule is Fc1cc2ccc1c1c(C(F)(F)F)[c]ccc21. The van der Waals surface area contributed by atoms with Crippen LogP contribution in [0.15, 0.2) is 30.3 Å². The minimum atomic E-state index is -4.52. The molecule has 17 heavy (non-hydrogen) atoms. The number of hydrogen-bond acceptors (Lipinski definition) is 0. The molecule has 0 aliphatic heterocycles. The molecule has 0 fully saturated rings. The lowest BCUT2D eigenvalue weighted by atomic mass is 9.95. The van der Waals surface area contributed by atoms with Crippen molar-refractivity contribution in [2.24, 2.45) is 0 Å². The summed E-state index contributed by atoms with van der Waals surface area (Å²) in [5, 5.41) is 0.763. The van der Waals surface area contributed by atoms with Crippen LogP contribution in [0.4, 0.5) is 17.6 Å². The molecule has 0 spiro atoms. The van der Waals surface area contributed by atoms with Crippen LogP contribution in [-0.4, -0.2) is 0 Å². The number of fused-ring (bicyclic) bond motifs is 2. The fourth-order valence-corrected chi connectivity index (χ4v) is 2.13. The maximum Gasteiger partial charge on any atom is 0.417 e. The highest BCUT2D eigenvalue weighted by Gasteiger charge is 2.33. The first-order valence-corrected chi connectivity index (χ1v) is 4.90. The lowest BCUT2D eigenvalue weighted by Crippen LogP contribution is -2.06. The second-order valence-electron chi connectivity index (χ2n) is 3.83. The molecule has 1 radical (unpaired) electrons. The van der Waals surface area contributed by atoms with Crippen molar-refractivity contribution in [1.82, 2.24) is 0 Å². The van der Waals surface area contributed by atoms with Crippen molar-refractivity contribution in [3.8, 4) is 0 Å². The number of rotatable bonds is 0. The molecule has 4 rings (SSSR count). The van der Waals surface area contributed by atoms with Gasteiger partial charge < -0.3 is 0 Å². The van der Waals surface area contributed by atoms with E-state index in [1.54, 1.807) is 6.07 Å². The summed E-state index contributed by atoms with van der Waals surface area (Å²) in [5.41, 5.74) is -0.907. The van der Waals surface area contributed by atoms with E-state index >= 15 is 0 Å². The quantitative estimate of drug-likeness (QED) is 0.509. The van der Waals surface area contributed by atoms with Crippen LogP contribution in [-0.2, 0) is 6.18 Å². The number of halogens is 4. The van der Waals surface area contributed by atoms with Crippen LogP contribution in [0.5, 0.6) is 0 Å². The van der Waals surface area contributed by atoms with Crippen molar-refractivity contribution < 1.29 is 17.6 Å². The third-order valence-electron chi connectivity index (χ3n) is 2.83. The first-order valence-electron chi connectivity index (χ1n) is 4.90. The van der Waals surface area contributed by atoms with E-state index < -0.39 is 17.6 Å². The molecule has 0 aromatic heterocycles. The van der Waals surface area contributed by atoms with Crippen molar-refractivity contribution in [1.29, 1.82) is 0 Å². The summed E-state index contributed by atoms with van der Waals surface area (Å²) < 4.78 is 51.9. The molecular formula is C13H5F4. The van der Waals surface area contributed by atoms with E-state index in [1.807, 2.05) is 0 Å². The molecule has 0 heterocycles. The summed E-state index contributed by atoms with van der Waals surface area (Å²) >= 11 is 0. The fourth-order valence-electron chi connectivity index (χ4n) is 2.13. The Bertz CT molecular complexity index is 697. The summed E-state index contributed by atoms with van der Waals surface area (Å²) in [4.78, 5) is 0. The molecule has 0 nitrogen and oxygen atoms in total. The zero-order chi connectivity index (χ0) is 12.2. The van der Waals surface area contributed by atoms with Gasteiger partial charge in [-0.25, -0.2) is 4.39 Å². The van der Waals surface area contributed by atoms with Gasteiger partial charge in [0.25, 0.3) is 0 Å². The smallest absolute Gasteiger partial charge is 0.206 e. The van der Waals surface area contributed by atoms with Gasteiger partial charge >= 0.3 is 6.18 Å². The zero-order valence-corrected chi connectivity index (χ0v) is 8.40. The van der Waals surface area contributed by atoms with Crippen LogP contribution in [0.2, 0.25) is 0 Å². The molecule has 0 saturated heterocycles. The average molecular weight is 237 g/mol. The van der Waals surface area contributed by atoms with Gasteiger partial charge in [-0.15, -0.1) is 0 Å². The monoisotopic (exact) mass is 237 g/mol. The van der Waals surface area contributed by atoms with E-state index in [0.29, 0.717) is 10.8 Å². The number of hydrogen-bond donors (Lipinski definition) is 0. The summed E-state index contributed by atoms with van der Waals surface area (Å²) in [7, 11) is 0. The summed E-state index contributed by atoms with van der Waals surface area (Å²) in [6.45, 7) is 0. The van der Waals surface area contributed by atoms with E-state index in [1.165, 1.54) is 24.3 Å². The summed E-state index contributed by atoms with van der Waals surface area (Å²) in [6, 6.07) is 9.12. The van der Waals surface area contributed by atoms with Crippen molar-refractivity contribution in [3.05, 3.63) is 47.8 Å². The zero-order valence-electron chi connectivity index (χ0n) is 8.40. The Balaban J connectivity index is 2.57. The first-order chi connectivity index (χ1) is 7.98. The molecule has 0 amide bonds. The van der Waals surface area contributed by atoms with Gasteiger partial charge in [0, 0.05) is 10.8 Å². The Morgan fingerprint density at radius 2 is 1.76 bits per heavy atom. The Morgan fingerprint density at radius 1 is 1.00 bits per heavy atom. The third kappa shape index (κ3) is 1.37. The lowest BCUT2D eigenvalue weighted by Gasteiger charge is -2.14. The highest BCUT2D eigenvalue weighted by Crippen LogP contribution is 2.39. The van der Waals surface area contributed by atoms with Gasteiger partial charge in [0.2, 0.25) is 0 Å². The maximum absolute atomic E-state index is 13.5. The van der Waals surface area contributed by atoms with Gasteiger partial charge in [0.15, 0.2) is 0 Å². The van der Waals surface area contributed by atoms with Gasteiger partial charge in [-0.05, 0) is 22.9 Å². The first kappa shape index (κ1) is 10.3. The highest BCUT2D eigenvalue weighted by molar-refractivity contribution is 6.11. The van der Waals surface area contributed by atoms with Crippen LogP contribution in [0.25, 0.3) is 21.5 Å². The van der Waals surface area contributed by atoms with E-state index in [9.17, 15) is 17.6 Å². The molecule has 0 aliphatic rings. The molecule has 85 valence electrons. The van der Waals surface area contributed by atoms with Crippen LogP contribution in [0.3, 0.4) is 0 Å². The standard InChI is InChI=1S/C13H5F4/c14-11-6-7-4-5-9(11)12-8(7)2-1-3-10(12)13(15,16)17/h1-2,4-6H. The van der Waals surface area contributed by atoms with Crippen molar-refractivity contribution in [2.75, 3.05) is 0 Å². The average Bonchev–Trinajstić information content (AvgIpc) is 2.28. The Hall–Kier alpha value is -1.84. The molecule has 4 aromatic carbocycles. The van der Waals surface area contributed by atoms with Gasteiger partial charge in [-0.1, -0.05) is 24.3 Å². The van der Waals surface area contributed by atoms with E-state index in [2.05, 4.69) is 6.07 Å². The molecule has 0 N–H and O–H groups in total. The minimum absolute atomic E-state index is 0.0147. The van der Waals surface area contributed by atoms with E-state index in [4.69, 9.17) is 0 Å². The summed E-state index contributed by atoms with van der Waals surface area (Å²) in [6.07, 6.45) is -4.52. The molecule has 0 unspecified atom stereocenters. The second-order valence-corrected chi connectivity index (χ2v) is 3.83. The fraction of sp³-hybridized carbons (Fsp3) is 0.0769. The molecule has 4 heteroatoms. The largest absolute Gasteiger partial charge is 0.417 e. The summed E-state index contributed by atoms with van der Waals surface area (Å²) in [5.74, 6) is -0.625. The molecular weight excluding hydrogens is 232 g/mol. The lowest BCUT2D eigenvalue weighted by molar-refractivity contribution is -0.136. The molecule has 0 atom stereocenters. The topological polar surface area (TPSA) is 0 Å². The number of alkyl halides is 3. The van der Waals surface area contributed by atoms with Gasteiger partial charge in [0.05, 0.1) is 5.56 Å². The van der Waals surface area contributed by atoms with Gasteiger partial charge in [0.1, 0.15) is 5.82 Å². The second kappa shape index (κ2) is 3.09. The predicted molar refractivity (Wildman–Crippen MR) is 56.4 cm³/mol. The van der Waals surface area contributed by atoms with Crippen molar-refractivity contribution in [2.45, 2.75) is 6.18 Å². The highest BCUT2D eigenvalue weighted by atomic mass is 19.4. The van der Waals surface area contributed by atoms with Crippen molar-refractivity contribution >= 4 is 21.5 Å². The Morgan fingerprint density at radius 3 is 2.41 bits per heavy atom. The van der Waals surface area contributed by atoms with E-state index in [0.717, 1.165) is 0 Å². The normalized spacial score (nSPS) is 12.7. The van der Waals surface area contributed by atoms with Crippen LogP contribution >= 0.6 is 0 Å². The Kier molecular flexibility index (Phi) is 1.88. The van der Waals surface area contributed by atoms with Gasteiger partial charge in [-0.3, -0.25) is 0 Å².